The molecule has 0 spiro atoms. The van der Waals surface area contributed by atoms with E-state index in [1.54, 1.807) is 0 Å². The zero-order chi connectivity index (χ0) is 10.1. The predicted octanol–water partition coefficient (Wildman–Crippen LogP) is 2.28. The van der Waals surface area contributed by atoms with Gasteiger partial charge in [0, 0.05) is 0 Å². The summed E-state index contributed by atoms with van der Waals surface area (Å²) in [7, 11) is 0. The van der Waals surface area contributed by atoms with Crippen molar-refractivity contribution in [2.24, 2.45) is 5.41 Å². The lowest BCUT2D eigenvalue weighted by Gasteiger charge is -2.29. The van der Waals surface area contributed by atoms with Crippen molar-refractivity contribution in [3.63, 3.8) is 0 Å². The number of hydrogen-bond acceptors (Lipinski definition) is 2. The Morgan fingerprint density at radius 1 is 1.69 bits per heavy atom. The molecule has 0 bridgehead atoms. The summed E-state index contributed by atoms with van der Waals surface area (Å²) in [5.74, 6) is 0. The molecule has 72 valence electrons. The maximum Gasteiger partial charge on any atom is -0.00487 e. The molecule has 0 fully saturated rings. The molecule has 0 saturated carbocycles. The normalized spacial score (nSPS) is 25.8. The quantitative estimate of drug-likeness (QED) is 0.478. The molecule has 0 aliphatic heterocycles. The highest BCUT2D eigenvalue weighted by atomic mass is 32.2. The molecule has 0 aromatic carbocycles. The summed E-state index contributed by atoms with van der Waals surface area (Å²) in [5.41, 5.74) is 4.74. The molecule has 1 rings (SSSR count). The molecule has 13 heavy (non-hydrogen) atoms. The Morgan fingerprint density at radius 3 is 2.77 bits per heavy atom. The second-order valence-corrected chi connectivity index (χ2v) is 4.61. The average molecular weight is 197 g/mol. The van der Waals surface area contributed by atoms with Crippen molar-refractivity contribution in [1.82, 2.24) is 0 Å². The first kappa shape index (κ1) is 10.5. The Labute approximate surface area is 81.3 Å². The van der Waals surface area contributed by atoms with Gasteiger partial charge < -0.3 is 4.55 Å². The predicted molar refractivity (Wildman–Crippen MR) is 52.7 cm³/mol. The van der Waals surface area contributed by atoms with Gasteiger partial charge in [-0.1, -0.05) is 13.8 Å². The van der Waals surface area contributed by atoms with Crippen molar-refractivity contribution in [3.05, 3.63) is 28.4 Å². The maximum absolute atomic E-state index is 10.6. The number of allylic oxidation sites excluding steroid dienone is 2. The molecule has 0 aromatic rings. The molecule has 0 radical (unpaired) electrons. The van der Waals surface area contributed by atoms with E-state index < -0.39 is 11.1 Å². The van der Waals surface area contributed by atoms with Gasteiger partial charge in [-0.3, -0.25) is 4.21 Å². The van der Waals surface area contributed by atoms with Crippen LogP contribution in [0.4, 0.5) is 0 Å². The van der Waals surface area contributed by atoms with E-state index in [2.05, 4.69) is 5.73 Å². The third-order valence-corrected chi connectivity index (χ3v) is 2.71. The van der Waals surface area contributed by atoms with Gasteiger partial charge >= 0.3 is 0 Å². The summed E-state index contributed by atoms with van der Waals surface area (Å²) in [4.78, 5) is 0. The van der Waals surface area contributed by atoms with E-state index in [1.165, 1.54) is 5.41 Å². The molecule has 2 nitrogen and oxygen atoms in total. The van der Waals surface area contributed by atoms with Crippen LogP contribution < -0.4 is 0 Å². The van der Waals surface area contributed by atoms with Gasteiger partial charge in [-0.2, -0.15) is 0 Å². The summed E-state index contributed by atoms with van der Waals surface area (Å²) in [6.45, 7) is 5.95. The van der Waals surface area contributed by atoms with Crippen LogP contribution in [0.3, 0.4) is 0 Å². The molecule has 1 aliphatic rings. The van der Waals surface area contributed by atoms with Crippen molar-refractivity contribution >= 4 is 11.1 Å². The largest absolute Gasteiger partial charge is 0.769 e. The fourth-order valence-corrected chi connectivity index (χ4v) is 2.19. The Hall–Kier alpha value is -0.630. The van der Waals surface area contributed by atoms with Crippen molar-refractivity contribution in [1.29, 1.82) is 0 Å². The van der Waals surface area contributed by atoms with Crippen LogP contribution in [-0.2, 0) is 11.1 Å². The third-order valence-electron chi connectivity index (χ3n) is 2.28. The fourth-order valence-electron chi connectivity index (χ4n) is 1.50. The Kier molecular flexibility index (Phi) is 2.91. The van der Waals surface area contributed by atoms with E-state index in [9.17, 15) is 8.76 Å². The van der Waals surface area contributed by atoms with Crippen LogP contribution in [0.2, 0.25) is 0 Å². The van der Waals surface area contributed by atoms with Crippen LogP contribution in [0.25, 0.3) is 0 Å². The average Bonchev–Trinajstić information content (AvgIpc) is 1.96. The van der Waals surface area contributed by atoms with Gasteiger partial charge in [-0.05, 0) is 52.5 Å². The first-order valence-corrected chi connectivity index (χ1v) is 5.30. The molecule has 3 heteroatoms. The van der Waals surface area contributed by atoms with Gasteiger partial charge in [0.25, 0.3) is 0 Å². The fraction of sp³-hybridized carbons (Fsp3) is 0.500. The molecule has 0 N–H and O–H groups in total. The standard InChI is InChI=1S/C10H14O2S/c1-8-5-4-6-10(2,3)9(8)7-13(11)12/h4,7H,6H2,1-3H3,(H,11,12)/p-1. The van der Waals surface area contributed by atoms with Gasteiger partial charge in [-0.25, -0.2) is 0 Å². The number of rotatable bonds is 1. The molecule has 0 amide bonds. The first-order chi connectivity index (χ1) is 5.93. The summed E-state index contributed by atoms with van der Waals surface area (Å²) in [5, 5.41) is 1.29. The molecular formula is C10H13O2S-. The van der Waals surface area contributed by atoms with E-state index in [0.29, 0.717) is 0 Å². The van der Waals surface area contributed by atoms with E-state index in [1.807, 2.05) is 26.8 Å². The Balaban J connectivity index is 3.17. The minimum absolute atomic E-state index is 0.0879. The lowest BCUT2D eigenvalue weighted by Crippen LogP contribution is -2.17. The lowest BCUT2D eigenvalue weighted by atomic mass is 9.76. The van der Waals surface area contributed by atoms with E-state index in [-0.39, 0.29) is 5.41 Å². The SMILES string of the molecule is CC1=C=CCC(C)(C)C1=CS(=O)[O-]. The van der Waals surface area contributed by atoms with Gasteiger partial charge in [0.05, 0.1) is 0 Å². The van der Waals surface area contributed by atoms with Gasteiger partial charge in [-0.15, -0.1) is 5.73 Å². The molecule has 0 aromatic heterocycles. The minimum Gasteiger partial charge on any atom is -0.769 e. The summed E-state index contributed by atoms with van der Waals surface area (Å²) in [6, 6.07) is 0. The van der Waals surface area contributed by atoms with Gasteiger partial charge in [0.1, 0.15) is 0 Å². The van der Waals surface area contributed by atoms with Crippen LogP contribution in [0.15, 0.2) is 28.4 Å². The first-order valence-electron chi connectivity index (χ1n) is 4.16. The van der Waals surface area contributed by atoms with Crippen LogP contribution in [0, 0.1) is 5.41 Å². The van der Waals surface area contributed by atoms with Crippen LogP contribution >= 0.6 is 0 Å². The summed E-state index contributed by atoms with van der Waals surface area (Å²) >= 11 is -2.12. The molecular weight excluding hydrogens is 184 g/mol. The highest BCUT2D eigenvalue weighted by molar-refractivity contribution is 7.82. The second kappa shape index (κ2) is 3.62. The van der Waals surface area contributed by atoms with E-state index >= 15 is 0 Å². The molecule has 0 heterocycles. The highest BCUT2D eigenvalue weighted by Gasteiger charge is 2.25. The molecule has 1 aliphatic carbocycles. The number of hydrogen-bond donors (Lipinski definition) is 0. The minimum atomic E-state index is -2.12. The lowest BCUT2D eigenvalue weighted by molar-refractivity contribution is 0.453. The van der Waals surface area contributed by atoms with Crippen LogP contribution in [0.1, 0.15) is 27.2 Å². The molecule has 1 atom stereocenters. The Morgan fingerprint density at radius 2 is 2.31 bits per heavy atom. The summed E-state index contributed by atoms with van der Waals surface area (Å²) in [6.07, 6.45) is 2.80. The monoisotopic (exact) mass is 197 g/mol. The van der Waals surface area contributed by atoms with E-state index in [4.69, 9.17) is 0 Å². The molecule has 1 unspecified atom stereocenters. The smallest absolute Gasteiger partial charge is 0.00487 e. The van der Waals surface area contributed by atoms with Crippen LogP contribution in [-0.4, -0.2) is 8.76 Å². The van der Waals surface area contributed by atoms with Crippen molar-refractivity contribution in [3.8, 4) is 0 Å². The van der Waals surface area contributed by atoms with Crippen LogP contribution in [0.5, 0.6) is 0 Å². The topological polar surface area (TPSA) is 40.1 Å². The third kappa shape index (κ3) is 2.41. The van der Waals surface area contributed by atoms with Gasteiger partial charge in [0.15, 0.2) is 0 Å². The van der Waals surface area contributed by atoms with Crippen molar-refractivity contribution in [2.75, 3.05) is 0 Å². The van der Waals surface area contributed by atoms with Crippen molar-refractivity contribution in [2.45, 2.75) is 27.2 Å². The Bertz CT molecular complexity index is 331. The van der Waals surface area contributed by atoms with Gasteiger partial charge in [0.2, 0.25) is 0 Å². The highest BCUT2D eigenvalue weighted by Crippen LogP contribution is 2.37. The second-order valence-electron chi connectivity index (χ2n) is 3.85. The summed E-state index contributed by atoms with van der Waals surface area (Å²) < 4.78 is 21.1. The maximum atomic E-state index is 10.6. The van der Waals surface area contributed by atoms with Crippen molar-refractivity contribution < 1.29 is 8.76 Å². The zero-order valence-corrected chi connectivity index (χ0v) is 8.90. The zero-order valence-electron chi connectivity index (χ0n) is 8.09. The van der Waals surface area contributed by atoms with E-state index in [0.717, 1.165) is 17.6 Å². The molecule has 0 saturated heterocycles.